The normalized spacial score (nSPS) is 11.3. The number of benzene rings is 2. The molecule has 0 saturated heterocycles. The summed E-state index contributed by atoms with van der Waals surface area (Å²) in [5, 5.41) is 2.99. The van der Waals surface area contributed by atoms with Crippen LogP contribution >= 0.6 is 11.8 Å². The van der Waals surface area contributed by atoms with E-state index in [0.29, 0.717) is 42.6 Å². The minimum Gasteiger partial charge on any atom is -0.377 e. The Bertz CT molecular complexity index is 946. The monoisotopic (exact) mass is 405 g/mol. The first-order valence-electron chi connectivity index (χ1n) is 8.89. The number of amides is 1. The van der Waals surface area contributed by atoms with E-state index in [0.717, 1.165) is 11.1 Å². The van der Waals surface area contributed by atoms with Crippen molar-refractivity contribution in [3.05, 3.63) is 59.7 Å². The topological polar surface area (TPSA) is 56.1 Å². The fourth-order valence-corrected chi connectivity index (χ4v) is 3.45. The molecule has 148 valence electrons. The fourth-order valence-electron chi connectivity index (χ4n) is 2.85. The molecule has 0 atom stereocenters. The average molecular weight is 405 g/mol. The van der Waals surface area contributed by atoms with Crippen LogP contribution in [0.1, 0.15) is 18.1 Å². The molecule has 3 rings (SSSR count). The molecule has 1 heterocycles. The van der Waals surface area contributed by atoms with Gasteiger partial charge >= 0.3 is 0 Å². The highest BCUT2D eigenvalue weighted by Crippen LogP contribution is 2.28. The summed E-state index contributed by atoms with van der Waals surface area (Å²) < 4.78 is 32.7. The van der Waals surface area contributed by atoms with Gasteiger partial charge in [-0.3, -0.25) is 4.79 Å². The Balaban J connectivity index is 1.72. The zero-order chi connectivity index (χ0) is 19.9. The van der Waals surface area contributed by atoms with Gasteiger partial charge in [-0.05, 0) is 41.9 Å². The molecule has 8 heteroatoms. The number of carbonyl (C=O) groups excluding carboxylic acids is 1. The number of thioether (sulfide) groups is 1. The third-order valence-corrected chi connectivity index (χ3v) is 4.87. The number of nitrogens with zero attached hydrogens (tertiary/aromatic N) is 2. The second-order valence-corrected chi connectivity index (χ2v) is 6.99. The third-order valence-electron chi connectivity index (χ3n) is 4.17. The molecule has 0 fully saturated rings. The van der Waals surface area contributed by atoms with Gasteiger partial charge in [0.15, 0.2) is 5.16 Å². The molecule has 0 saturated carbocycles. The van der Waals surface area contributed by atoms with E-state index < -0.39 is 5.76 Å². The molecular formula is C20H21F2N3O2S. The number of nitrogens with one attached hydrogen (secondary N) is 1. The van der Waals surface area contributed by atoms with Gasteiger partial charge in [-0.2, -0.15) is 8.78 Å². The van der Waals surface area contributed by atoms with Crippen LogP contribution in [0.15, 0.2) is 53.7 Å². The molecule has 3 aromatic rings. The number of para-hydroxylation sites is 2. The summed E-state index contributed by atoms with van der Waals surface area (Å²) in [6.07, 6.45) is 0. The van der Waals surface area contributed by atoms with Crippen LogP contribution in [0.5, 0.6) is 0 Å². The molecule has 0 unspecified atom stereocenters. The van der Waals surface area contributed by atoms with Crippen molar-refractivity contribution >= 4 is 28.7 Å². The number of halogens is 2. The maximum Gasteiger partial charge on any atom is 0.291 e. The standard InChI is InChI=1S/C20H21F2N3O2S/c1-2-27-13-15-8-4-3-7-14(15)11-23-18(26)12-25-17-10-6-5-9-16(17)24-20(25)28-19(21)22/h3-10,19H,2,11-13H2,1H3,(H,23,26). The molecule has 28 heavy (non-hydrogen) atoms. The van der Waals surface area contributed by atoms with Gasteiger partial charge in [0.1, 0.15) is 6.54 Å². The van der Waals surface area contributed by atoms with Gasteiger partial charge < -0.3 is 14.6 Å². The lowest BCUT2D eigenvalue weighted by atomic mass is 10.1. The van der Waals surface area contributed by atoms with E-state index in [2.05, 4.69) is 10.3 Å². The molecule has 1 aromatic heterocycles. The summed E-state index contributed by atoms with van der Waals surface area (Å²) in [6, 6.07) is 14.8. The molecule has 0 bridgehead atoms. The lowest BCUT2D eigenvalue weighted by molar-refractivity contribution is -0.121. The fraction of sp³-hybridized carbons (Fsp3) is 0.300. The van der Waals surface area contributed by atoms with Crippen LogP contribution < -0.4 is 5.32 Å². The van der Waals surface area contributed by atoms with Crippen molar-refractivity contribution in [2.75, 3.05) is 6.61 Å². The minimum absolute atomic E-state index is 0.0802. The van der Waals surface area contributed by atoms with E-state index in [-0.39, 0.29) is 17.6 Å². The van der Waals surface area contributed by atoms with Crippen molar-refractivity contribution in [2.24, 2.45) is 0 Å². The molecule has 5 nitrogen and oxygen atoms in total. The van der Waals surface area contributed by atoms with Crippen LogP contribution in [-0.4, -0.2) is 27.8 Å². The van der Waals surface area contributed by atoms with Crippen LogP contribution in [0.2, 0.25) is 0 Å². The summed E-state index contributed by atoms with van der Waals surface area (Å²) >= 11 is 0.341. The number of rotatable bonds is 9. The molecule has 1 N–H and O–H groups in total. The van der Waals surface area contributed by atoms with Gasteiger partial charge in [0, 0.05) is 13.2 Å². The predicted molar refractivity (Wildman–Crippen MR) is 105 cm³/mol. The quantitative estimate of drug-likeness (QED) is 0.542. The van der Waals surface area contributed by atoms with Gasteiger partial charge in [0.25, 0.3) is 5.76 Å². The lowest BCUT2D eigenvalue weighted by Crippen LogP contribution is -2.27. The molecule has 1 amide bonds. The first-order valence-corrected chi connectivity index (χ1v) is 9.77. The van der Waals surface area contributed by atoms with Crippen LogP contribution in [0.25, 0.3) is 11.0 Å². The molecule has 0 radical (unpaired) electrons. The van der Waals surface area contributed by atoms with E-state index in [1.165, 1.54) is 4.57 Å². The predicted octanol–water partition coefficient (Wildman–Crippen LogP) is 4.20. The Morgan fingerprint density at radius 3 is 2.64 bits per heavy atom. The molecule has 0 aliphatic heterocycles. The number of alkyl halides is 2. The van der Waals surface area contributed by atoms with Crippen LogP contribution in [0, 0.1) is 0 Å². The highest BCUT2D eigenvalue weighted by Gasteiger charge is 2.17. The summed E-state index contributed by atoms with van der Waals surface area (Å²) in [5.41, 5.74) is 3.20. The molecule has 0 aliphatic rings. The van der Waals surface area contributed by atoms with Crippen molar-refractivity contribution in [1.82, 2.24) is 14.9 Å². The summed E-state index contributed by atoms with van der Waals surface area (Å²) in [7, 11) is 0. The maximum absolute atomic E-state index is 12.9. The van der Waals surface area contributed by atoms with Crippen molar-refractivity contribution < 1.29 is 18.3 Å². The van der Waals surface area contributed by atoms with E-state index in [9.17, 15) is 13.6 Å². The second-order valence-electron chi connectivity index (χ2n) is 6.03. The Labute approximate surface area is 166 Å². The number of imidazole rings is 1. The van der Waals surface area contributed by atoms with Crippen molar-refractivity contribution in [1.29, 1.82) is 0 Å². The van der Waals surface area contributed by atoms with E-state index in [4.69, 9.17) is 4.74 Å². The third kappa shape index (κ3) is 5.08. The SMILES string of the molecule is CCOCc1ccccc1CNC(=O)Cn1c(SC(F)F)nc2ccccc21. The lowest BCUT2D eigenvalue weighted by Gasteiger charge is -2.12. The molecule has 0 aliphatic carbocycles. The van der Waals surface area contributed by atoms with Gasteiger partial charge in [-0.25, -0.2) is 4.98 Å². The number of carbonyl (C=O) groups is 1. The number of aromatic nitrogens is 2. The van der Waals surface area contributed by atoms with E-state index >= 15 is 0 Å². The molecule has 0 spiro atoms. The molecular weight excluding hydrogens is 384 g/mol. The average Bonchev–Trinajstić information content (AvgIpc) is 3.01. The summed E-state index contributed by atoms with van der Waals surface area (Å²) in [5.74, 6) is -2.88. The largest absolute Gasteiger partial charge is 0.377 e. The Morgan fingerprint density at radius 1 is 1.18 bits per heavy atom. The smallest absolute Gasteiger partial charge is 0.291 e. The highest BCUT2D eigenvalue weighted by atomic mass is 32.2. The van der Waals surface area contributed by atoms with Crippen LogP contribution in [0.3, 0.4) is 0 Å². The first-order chi connectivity index (χ1) is 13.6. The van der Waals surface area contributed by atoms with Crippen LogP contribution in [-0.2, 0) is 29.2 Å². The Hall–Kier alpha value is -2.45. The van der Waals surface area contributed by atoms with Crippen molar-refractivity contribution in [3.8, 4) is 0 Å². The van der Waals surface area contributed by atoms with Gasteiger partial charge in [0.2, 0.25) is 5.91 Å². The zero-order valence-corrected chi connectivity index (χ0v) is 16.2. The first kappa shape index (κ1) is 20.3. The Kier molecular flexibility index (Phi) is 7.00. The number of fused-ring (bicyclic) bond motifs is 1. The minimum atomic E-state index is -2.61. The van der Waals surface area contributed by atoms with Gasteiger partial charge in [-0.1, -0.05) is 36.4 Å². The maximum atomic E-state index is 12.9. The number of hydrogen-bond acceptors (Lipinski definition) is 4. The second kappa shape index (κ2) is 9.66. The number of hydrogen-bond donors (Lipinski definition) is 1. The van der Waals surface area contributed by atoms with Crippen molar-refractivity contribution in [2.45, 2.75) is 37.5 Å². The summed E-state index contributed by atoms with van der Waals surface area (Å²) in [4.78, 5) is 16.7. The van der Waals surface area contributed by atoms with E-state index in [1.54, 1.807) is 24.3 Å². The Morgan fingerprint density at radius 2 is 1.89 bits per heavy atom. The highest BCUT2D eigenvalue weighted by molar-refractivity contribution is 7.99. The molecule has 2 aromatic carbocycles. The van der Waals surface area contributed by atoms with Crippen LogP contribution in [0.4, 0.5) is 8.78 Å². The summed E-state index contributed by atoms with van der Waals surface area (Å²) in [6.45, 7) is 3.27. The van der Waals surface area contributed by atoms with Crippen molar-refractivity contribution in [3.63, 3.8) is 0 Å². The van der Waals surface area contributed by atoms with Gasteiger partial charge in [0.05, 0.1) is 17.6 Å². The zero-order valence-electron chi connectivity index (χ0n) is 15.4. The van der Waals surface area contributed by atoms with E-state index in [1.807, 2.05) is 31.2 Å². The van der Waals surface area contributed by atoms with Gasteiger partial charge in [-0.15, -0.1) is 0 Å². The number of ether oxygens (including phenoxy) is 1.